The Kier molecular flexibility index (Phi) is 5.39. The average molecular weight is 378 g/mol. The molecule has 0 radical (unpaired) electrons. The Bertz CT molecular complexity index is 759. The maximum Gasteiger partial charge on any atom is 0.330 e. The molecule has 0 aliphatic heterocycles. The molecule has 2 unspecified atom stereocenters. The minimum absolute atomic E-state index is 0.398. The zero-order chi connectivity index (χ0) is 19.8. The van der Waals surface area contributed by atoms with Crippen molar-refractivity contribution in [2.45, 2.75) is 20.5 Å². The van der Waals surface area contributed by atoms with Crippen LogP contribution < -0.4 is 0 Å². The number of benzene rings is 1. The summed E-state index contributed by atoms with van der Waals surface area (Å²) >= 11 is 0. The molecule has 1 aliphatic carbocycles. The van der Waals surface area contributed by atoms with Gasteiger partial charge in [-0.2, -0.15) is 0 Å². The third-order valence-electron chi connectivity index (χ3n) is 4.46. The molecule has 0 saturated heterocycles. The molecule has 0 bridgehead atoms. The lowest BCUT2D eigenvalue weighted by atomic mass is 10.1. The molecule has 2 rings (SSSR count). The third kappa shape index (κ3) is 3.42. The summed E-state index contributed by atoms with van der Waals surface area (Å²) in [5, 5.41) is 0. The van der Waals surface area contributed by atoms with Crippen molar-refractivity contribution in [3.63, 3.8) is 0 Å². The number of rotatable bonds is 5. The summed E-state index contributed by atoms with van der Waals surface area (Å²) in [5.41, 5.74) is -1.83. The Labute approximate surface area is 145 Å². The van der Waals surface area contributed by atoms with Gasteiger partial charge in [-0.05, 0) is 11.3 Å². The molecular weight excluding hydrogens is 363 g/mol. The number of esters is 2. The maximum atomic E-state index is 13.6. The second kappa shape index (κ2) is 7.05. The first-order valence-electron chi connectivity index (χ1n) is 7.47. The van der Waals surface area contributed by atoms with Gasteiger partial charge in [0.1, 0.15) is 6.61 Å². The van der Waals surface area contributed by atoms with E-state index < -0.39 is 70.4 Å². The molecule has 1 saturated carbocycles. The fourth-order valence-electron chi connectivity index (χ4n) is 2.75. The zero-order valence-corrected chi connectivity index (χ0v) is 14.0. The topological polar surface area (TPSA) is 52.6 Å². The molecule has 1 aromatic carbocycles. The van der Waals surface area contributed by atoms with Gasteiger partial charge in [0, 0.05) is 6.08 Å². The molecule has 0 aromatic heterocycles. The van der Waals surface area contributed by atoms with Crippen molar-refractivity contribution < 1.29 is 41.0 Å². The fourth-order valence-corrected chi connectivity index (χ4v) is 2.75. The minimum Gasteiger partial charge on any atom is -0.466 e. The Morgan fingerprint density at radius 3 is 2.00 bits per heavy atom. The number of carbonyl (C=O) groups excluding carboxylic acids is 2. The second-order valence-corrected chi connectivity index (χ2v) is 6.36. The van der Waals surface area contributed by atoms with Crippen molar-refractivity contribution in [2.75, 3.05) is 7.11 Å². The molecule has 9 heteroatoms. The highest BCUT2D eigenvalue weighted by Gasteiger charge is 2.61. The highest BCUT2D eigenvalue weighted by molar-refractivity contribution is 5.83. The van der Waals surface area contributed by atoms with Crippen molar-refractivity contribution in [1.82, 2.24) is 0 Å². The van der Waals surface area contributed by atoms with Crippen LogP contribution in [0.5, 0.6) is 0 Å². The molecule has 142 valence electrons. The second-order valence-electron chi connectivity index (χ2n) is 6.36. The fraction of sp³-hybridized carbons (Fsp3) is 0.412. The number of ether oxygens (including phenoxy) is 2. The van der Waals surface area contributed by atoms with Crippen molar-refractivity contribution in [1.29, 1.82) is 0 Å². The van der Waals surface area contributed by atoms with Gasteiger partial charge in [-0.3, -0.25) is 4.79 Å². The van der Waals surface area contributed by atoms with Crippen LogP contribution in [0, 0.1) is 46.3 Å². The number of allylic oxidation sites excluding steroid dienone is 1. The summed E-state index contributed by atoms with van der Waals surface area (Å²) < 4.78 is 75.6. The first-order chi connectivity index (χ1) is 12.0. The SMILES string of the molecule is COC(=O)/C=C\C1C(C(=O)OCc2c(F)c(F)c(F)c(F)c2F)C1(C)C. The standard InChI is InChI=1S/C17H15F5O4/c1-17(2)8(4-5-9(23)25-3)10(17)16(24)26-6-7-11(18)13(20)15(22)14(21)12(7)19/h4-5,8,10H,6H2,1-3H3/b5-4-. The van der Waals surface area contributed by atoms with Crippen molar-refractivity contribution in [3.8, 4) is 0 Å². The van der Waals surface area contributed by atoms with Gasteiger partial charge in [0.25, 0.3) is 0 Å². The number of hydrogen-bond acceptors (Lipinski definition) is 4. The van der Waals surface area contributed by atoms with E-state index >= 15 is 0 Å². The molecule has 1 fully saturated rings. The van der Waals surface area contributed by atoms with Gasteiger partial charge in [0.05, 0.1) is 18.6 Å². The molecule has 4 nitrogen and oxygen atoms in total. The van der Waals surface area contributed by atoms with E-state index in [1.165, 1.54) is 13.2 Å². The smallest absolute Gasteiger partial charge is 0.330 e. The summed E-state index contributed by atoms with van der Waals surface area (Å²) in [6.07, 6.45) is 2.57. The van der Waals surface area contributed by atoms with Crippen molar-refractivity contribution in [3.05, 3.63) is 46.8 Å². The van der Waals surface area contributed by atoms with Crippen LogP contribution in [0.25, 0.3) is 0 Å². The lowest BCUT2D eigenvalue weighted by molar-refractivity contribution is -0.147. The lowest BCUT2D eigenvalue weighted by Crippen LogP contribution is -2.14. The van der Waals surface area contributed by atoms with Crippen LogP contribution in [0.3, 0.4) is 0 Å². The van der Waals surface area contributed by atoms with Gasteiger partial charge in [-0.15, -0.1) is 0 Å². The quantitative estimate of drug-likeness (QED) is 0.259. The van der Waals surface area contributed by atoms with Crippen molar-refractivity contribution in [2.24, 2.45) is 17.3 Å². The molecule has 26 heavy (non-hydrogen) atoms. The Morgan fingerprint density at radius 1 is 1.00 bits per heavy atom. The van der Waals surface area contributed by atoms with Gasteiger partial charge in [-0.1, -0.05) is 19.9 Å². The Morgan fingerprint density at radius 2 is 1.50 bits per heavy atom. The van der Waals surface area contributed by atoms with Gasteiger partial charge in [0.2, 0.25) is 5.82 Å². The number of carbonyl (C=O) groups is 2. The molecule has 2 atom stereocenters. The summed E-state index contributed by atoms with van der Waals surface area (Å²) in [4.78, 5) is 23.2. The normalized spacial score (nSPS) is 20.9. The molecule has 1 aliphatic rings. The van der Waals surface area contributed by atoms with E-state index in [0.717, 1.165) is 6.08 Å². The molecule has 0 spiro atoms. The largest absolute Gasteiger partial charge is 0.466 e. The van der Waals surface area contributed by atoms with Crippen LogP contribution in [0.15, 0.2) is 12.2 Å². The minimum atomic E-state index is -2.29. The first-order valence-corrected chi connectivity index (χ1v) is 7.47. The van der Waals surface area contributed by atoms with E-state index in [1.54, 1.807) is 13.8 Å². The zero-order valence-electron chi connectivity index (χ0n) is 14.0. The molecule has 1 aromatic rings. The van der Waals surface area contributed by atoms with Gasteiger partial charge >= 0.3 is 11.9 Å². The van der Waals surface area contributed by atoms with E-state index in [-0.39, 0.29) is 0 Å². The molecule has 0 heterocycles. The van der Waals surface area contributed by atoms with Crippen LogP contribution in [0.2, 0.25) is 0 Å². The summed E-state index contributed by atoms with van der Waals surface area (Å²) in [5.74, 6) is -13.2. The van der Waals surface area contributed by atoms with E-state index in [0.29, 0.717) is 0 Å². The molecule has 0 amide bonds. The highest BCUT2D eigenvalue weighted by atomic mass is 19.2. The molecular formula is C17H15F5O4. The van der Waals surface area contributed by atoms with Crippen molar-refractivity contribution >= 4 is 11.9 Å². The van der Waals surface area contributed by atoms with E-state index in [4.69, 9.17) is 4.74 Å². The van der Waals surface area contributed by atoms with Crippen LogP contribution >= 0.6 is 0 Å². The third-order valence-corrected chi connectivity index (χ3v) is 4.46. The summed E-state index contributed by atoms with van der Waals surface area (Å²) in [6.45, 7) is 2.29. The van der Waals surface area contributed by atoms with Crippen LogP contribution in [0.4, 0.5) is 22.0 Å². The average Bonchev–Trinajstić information content (AvgIpc) is 3.16. The molecule has 0 N–H and O–H groups in total. The van der Waals surface area contributed by atoms with Crippen LogP contribution in [-0.2, 0) is 25.7 Å². The predicted molar refractivity (Wildman–Crippen MR) is 77.9 cm³/mol. The monoisotopic (exact) mass is 378 g/mol. The summed E-state index contributed by atoms with van der Waals surface area (Å²) in [6, 6.07) is 0. The number of hydrogen-bond donors (Lipinski definition) is 0. The maximum absolute atomic E-state index is 13.6. The number of halogens is 5. The Hall–Kier alpha value is -2.45. The van der Waals surface area contributed by atoms with Crippen LogP contribution in [-0.4, -0.2) is 19.0 Å². The first kappa shape index (κ1) is 19.9. The van der Waals surface area contributed by atoms with Gasteiger partial charge < -0.3 is 9.47 Å². The Balaban J connectivity index is 2.11. The van der Waals surface area contributed by atoms with Gasteiger partial charge in [0.15, 0.2) is 23.3 Å². The van der Waals surface area contributed by atoms with E-state index in [1.807, 2.05) is 0 Å². The van der Waals surface area contributed by atoms with E-state index in [9.17, 15) is 31.5 Å². The summed E-state index contributed by atoms with van der Waals surface area (Å²) in [7, 11) is 1.18. The van der Waals surface area contributed by atoms with Gasteiger partial charge in [-0.25, -0.2) is 26.7 Å². The predicted octanol–water partition coefficient (Wildman–Crippen LogP) is 3.43. The van der Waals surface area contributed by atoms with Crippen LogP contribution in [0.1, 0.15) is 19.4 Å². The number of methoxy groups -OCH3 is 1. The van der Waals surface area contributed by atoms with E-state index in [2.05, 4.69) is 4.74 Å². The lowest BCUT2D eigenvalue weighted by Gasteiger charge is -2.09. The highest BCUT2D eigenvalue weighted by Crippen LogP contribution is 2.59.